The van der Waals surface area contributed by atoms with Gasteiger partial charge in [-0.2, -0.15) is 0 Å². The standard InChI is InChI=1S/C40H54N6O7S2/c1-9-10-11-12-13-20-45(7)38(49)46-22-32(39(5,6)34(46)35(47)43-40(18-19-40)37(48)44-55(50,51)26-14-15-26)53-31-21-28(29-23-54-36(42-29)24(2)3)41-33-25(4)30(52-8)17-16-27(31)33/h9-10,16-17,21,23-24,26,32,34H,11-15,18-20,22H2,1-8H3,(H,43,47)(H,44,48)/t32-,34+/m0/s1. The van der Waals surface area contributed by atoms with Gasteiger partial charge in [0, 0.05) is 47.3 Å². The highest BCUT2D eigenvalue weighted by molar-refractivity contribution is 7.91. The number of urea groups is 1. The minimum Gasteiger partial charge on any atom is -0.496 e. The Morgan fingerprint density at radius 3 is 2.45 bits per heavy atom. The predicted molar refractivity (Wildman–Crippen MR) is 214 cm³/mol. The molecule has 0 unspecified atom stereocenters. The van der Waals surface area contributed by atoms with Crippen LogP contribution in [0.2, 0.25) is 0 Å². The first kappa shape index (κ1) is 40.4. The fraction of sp³-hybridized carbons (Fsp3) is 0.575. The van der Waals surface area contributed by atoms with Gasteiger partial charge in [-0.25, -0.2) is 23.2 Å². The molecular weight excluding hydrogens is 741 g/mol. The molecule has 0 bridgehead atoms. The second-order valence-corrected chi connectivity index (χ2v) is 18.9. The molecule has 1 aromatic carbocycles. The number of nitrogens with zero attached hydrogens (tertiary/aromatic N) is 4. The first-order valence-corrected chi connectivity index (χ1v) is 21.6. The maximum absolute atomic E-state index is 14.5. The second kappa shape index (κ2) is 15.7. The maximum atomic E-state index is 14.5. The van der Waals surface area contributed by atoms with Crippen LogP contribution in [-0.2, 0) is 19.6 Å². The molecule has 4 amide bonds. The summed E-state index contributed by atoms with van der Waals surface area (Å²) in [4.78, 5) is 55.2. The number of fused-ring (bicyclic) bond motifs is 1. The number of amides is 4. The zero-order valence-corrected chi connectivity index (χ0v) is 34.7. The van der Waals surface area contributed by atoms with Crippen molar-refractivity contribution in [1.82, 2.24) is 29.8 Å². The Bertz CT molecular complexity index is 2090. The molecule has 15 heteroatoms. The van der Waals surface area contributed by atoms with E-state index in [9.17, 15) is 22.8 Å². The van der Waals surface area contributed by atoms with Crippen LogP contribution >= 0.6 is 11.3 Å². The van der Waals surface area contributed by atoms with Gasteiger partial charge in [0.25, 0.3) is 5.91 Å². The summed E-state index contributed by atoms with van der Waals surface area (Å²) < 4.78 is 40.1. The summed E-state index contributed by atoms with van der Waals surface area (Å²) in [6, 6.07) is 4.26. The average Bonchev–Trinajstić information content (AvgIpc) is 4.06. The summed E-state index contributed by atoms with van der Waals surface area (Å²) in [5.74, 6) is 0.175. The Kier molecular flexibility index (Phi) is 11.6. The fourth-order valence-corrected chi connectivity index (χ4v) is 9.43. The quantitative estimate of drug-likeness (QED) is 0.133. The molecule has 2 aliphatic carbocycles. The number of hydrogen-bond donors (Lipinski definition) is 2. The van der Waals surface area contributed by atoms with Gasteiger partial charge in [0.1, 0.15) is 29.2 Å². The zero-order chi connectivity index (χ0) is 39.9. The number of rotatable bonds is 15. The number of nitrogens with one attached hydrogen (secondary N) is 2. The molecule has 0 spiro atoms. The van der Waals surface area contributed by atoms with Crippen LogP contribution in [0.4, 0.5) is 4.79 Å². The van der Waals surface area contributed by atoms with Gasteiger partial charge in [-0.05, 0) is 70.9 Å². The lowest BCUT2D eigenvalue weighted by atomic mass is 9.81. The number of benzene rings is 1. The number of aryl methyl sites for hydroxylation is 1. The minimum absolute atomic E-state index is 0.0879. The van der Waals surface area contributed by atoms with E-state index in [2.05, 4.69) is 30.0 Å². The third kappa shape index (κ3) is 8.33. The summed E-state index contributed by atoms with van der Waals surface area (Å²) in [6.07, 6.45) is 7.62. The normalized spacial score (nSPS) is 20.2. The smallest absolute Gasteiger partial charge is 0.320 e. The Hall–Kier alpha value is -4.24. The molecule has 1 saturated heterocycles. The third-order valence-corrected chi connectivity index (χ3v) is 14.0. The van der Waals surface area contributed by atoms with Crippen molar-refractivity contribution in [2.75, 3.05) is 27.2 Å². The molecule has 3 heterocycles. The van der Waals surface area contributed by atoms with Crippen molar-refractivity contribution in [1.29, 1.82) is 0 Å². The first-order chi connectivity index (χ1) is 26.0. The number of pyridine rings is 1. The number of carbonyl (C=O) groups excluding carboxylic acids is 3. The van der Waals surface area contributed by atoms with E-state index >= 15 is 0 Å². The highest BCUT2D eigenvalue weighted by atomic mass is 32.2. The van der Waals surface area contributed by atoms with Gasteiger partial charge in [-0.15, -0.1) is 11.3 Å². The van der Waals surface area contributed by atoms with E-state index in [1.165, 1.54) is 4.90 Å². The summed E-state index contributed by atoms with van der Waals surface area (Å²) in [7, 11) is -0.475. The fourth-order valence-electron chi connectivity index (χ4n) is 7.23. The lowest BCUT2D eigenvalue weighted by Gasteiger charge is -2.35. The van der Waals surface area contributed by atoms with Gasteiger partial charge in [-0.3, -0.25) is 14.3 Å². The van der Waals surface area contributed by atoms with Crippen LogP contribution in [0, 0.1) is 12.3 Å². The molecule has 2 saturated carbocycles. The van der Waals surface area contributed by atoms with Crippen LogP contribution in [0.1, 0.15) is 96.1 Å². The SMILES string of the molecule is CC=CCCCCN(C)C(=O)N1C[C@H](Oc2cc(-c3csc(C(C)C)n3)nc3c(C)c(OC)ccc23)C(C)(C)[C@H]1C(=O)NC1(C(=O)NS(=O)(=O)C2CC2)CC1. The molecule has 298 valence electrons. The van der Waals surface area contributed by atoms with E-state index in [-0.39, 0.29) is 18.5 Å². The number of unbranched alkanes of at least 4 members (excludes halogenated alkanes) is 2. The summed E-state index contributed by atoms with van der Waals surface area (Å²) in [5, 5.41) is 6.02. The van der Waals surface area contributed by atoms with E-state index in [0.29, 0.717) is 54.9 Å². The van der Waals surface area contributed by atoms with Gasteiger partial charge in [0.05, 0.1) is 40.8 Å². The Labute approximate surface area is 328 Å². The number of aromatic nitrogens is 2. The zero-order valence-electron chi connectivity index (χ0n) is 33.1. The molecule has 55 heavy (non-hydrogen) atoms. The lowest BCUT2D eigenvalue weighted by Crippen LogP contribution is -2.59. The molecule has 13 nitrogen and oxygen atoms in total. The second-order valence-electron chi connectivity index (χ2n) is 16.0. The molecule has 0 radical (unpaired) electrons. The van der Waals surface area contributed by atoms with Gasteiger partial charge in [0.15, 0.2) is 0 Å². The minimum atomic E-state index is -3.82. The van der Waals surface area contributed by atoms with Crippen molar-refractivity contribution in [2.45, 2.75) is 115 Å². The van der Waals surface area contributed by atoms with E-state index in [1.807, 2.05) is 57.4 Å². The summed E-state index contributed by atoms with van der Waals surface area (Å²) in [6.45, 7) is 12.5. The number of sulfonamides is 1. The van der Waals surface area contributed by atoms with Gasteiger partial charge in [-0.1, -0.05) is 39.8 Å². The van der Waals surface area contributed by atoms with E-state index in [1.54, 1.807) is 30.4 Å². The van der Waals surface area contributed by atoms with Crippen LogP contribution in [0.3, 0.4) is 0 Å². The molecule has 2 aromatic heterocycles. The van der Waals surface area contributed by atoms with Crippen molar-refractivity contribution in [3.05, 3.63) is 46.3 Å². The maximum Gasteiger partial charge on any atom is 0.320 e. The average molecular weight is 795 g/mol. The molecule has 2 atom stereocenters. The first-order valence-electron chi connectivity index (χ1n) is 19.1. The number of ether oxygens (including phenoxy) is 2. The summed E-state index contributed by atoms with van der Waals surface area (Å²) in [5.41, 5.74) is 0.525. The highest BCUT2D eigenvalue weighted by Gasteiger charge is 2.59. The lowest BCUT2D eigenvalue weighted by molar-refractivity contribution is -0.133. The third-order valence-electron chi connectivity index (χ3n) is 11.0. The molecular formula is C40H54N6O7S2. The number of hydrogen-bond acceptors (Lipinski definition) is 10. The number of thiazole rings is 1. The van der Waals surface area contributed by atoms with E-state index in [0.717, 1.165) is 40.9 Å². The molecule has 6 rings (SSSR count). The molecule has 3 fully saturated rings. The monoisotopic (exact) mass is 794 g/mol. The summed E-state index contributed by atoms with van der Waals surface area (Å²) >= 11 is 1.57. The molecule has 3 aromatic rings. The van der Waals surface area contributed by atoms with Crippen molar-refractivity contribution in [3.63, 3.8) is 0 Å². The topological polar surface area (TPSA) is 160 Å². The van der Waals surface area contributed by atoms with Crippen molar-refractivity contribution in [3.8, 4) is 22.9 Å². The highest BCUT2D eigenvalue weighted by Crippen LogP contribution is 2.44. The molecule has 1 aliphatic heterocycles. The van der Waals surface area contributed by atoms with E-state index < -0.39 is 50.2 Å². The molecule has 3 aliphatic rings. The Morgan fingerprint density at radius 2 is 1.84 bits per heavy atom. The van der Waals surface area contributed by atoms with Crippen LogP contribution in [0.15, 0.2) is 35.7 Å². The van der Waals surface area contributed by atoms with Crippen LogP contribution in [-0.4, -0.2) is 96.2 Å². The molecule has 2 N–H and O–H groups in total. The number of carbonyl (C=O) groups is 3. The van der Waals surface area contributed by atoms with Gasteiger partial charge >= 0.3 is 6.03 Å². The largest absolute Gasteiger partial charge is 0.496 e. The number of likely N-dealkylation sites (tertiary alicyclic amines) is 1. The van der Waals surface area contributed by atoms with Gasteiger partial charge < -0.3 is 24.6 Å². The van der Waals surface area contributed by atoms with Crippen molar-refractivity contribution < 1.29 is 32.3 Å². The van der Waals surface area contributed by atoms with E-state index in [4.69, 9.17) is 19.4 Å². The number of methoxy groups -OCH3 is 1. The Morgan fingerprint density at radius 1 is 1.11 bits per heavy atom. The predicted octanol–water partition coefficient (Wildman–Crippen LogP) is 6.31. The Balaban J connectivity index is 1.34. The van der Waals surface area contributed by atoms with Crippen LogP contribution in [0.25, 0.3) is 22.3 Å². The van der Waals surface area contributed by atoms with Gasteiger partial charge in [0.2, 0.25) is 15.9 Å². The van der Waals surface area contributed by atoms with Crippen LogP contribution < -0.4 is 19.5 Å². The van der Waals surface area contributed by atoms with Crippen molar-refractivity contribution in [2.24, 2.45) is 5.41 Å². The van der Waals surface area contributed by atoms with Crippen molar-refractivity contribution >= 4 is 50.1 Å². The van der Waals surface area contributed by atoms with Crippen LogP contribution in [0.5, 0.6) is 11.5 Å². The number of allylic oxidation sites excluding steroid dienone is 2.